The lowest BCUT2D eigenvalue weighted by atomic mass is 10.0. The van der Waals surface area contributed by atoms with Crippen LogP contribution in [0.15, 0.2) is 85.1 Å². The Morgan fingerprint density at radius 1 is 0.921 bits per heavy atom. The topological polar surface area (TPSA) is 85.6 Å². The first kappa shape index (κ1) is 25.6. The fourth-order valence-electron chi connectivity index (χ4n) is 4.06. The van der Waals surface area contributed by atoms with Gasteiger partial charge in [-0.1, -0.05) is 41.4 Å². The number of aliphatic hydroxyl groups is 1. The van der Waals surface area contributed by atoms with E-state index >= 15 is 0 Å². The molecule has 7 nitrogen and oxygen atoms in total. The van der Waals surface area contributed by atoms with Gasteiger partial charge in [0.25, 0.3) is 5.91 Å². The van der Waals surface area contributed by atoms with E-state index < -0.39 is 0 Å². The molecule has 38 heavy (non-hydrogen) atoms. The molecular weight excluding hydrogens is 525 g/mol. The molecule has 0 saturated carbocycles. The Bertz CT molecular complexity index is 1620. The maximum Gasteiger partial charge on any atom is 0.251 e. The van der Waals surface area contributed by atoms with E-state index in [1.54, 1.807) is 54.4 Å². The Balaban J connectivity index is 1.56. The van der Waals surface area contributed by atoms with E-state index in [1.807, 2.05) is 36.4 Å². The van der Waals surface area contributed by atoms with Gasteiger partial charge < -0.3 is 19.9 Å². The number of halogens is 2. The van der Waals surface area contributed by atoms with Crippen LogP contribution in [0.4, 0.5) is 0 Å². The predicted octanol–water partition coefficient (Wildman–Crippen LogP) is 6.52. The van der Waals surface area contributed by atoms with E-state index in [-0.39, 0.29) is 19.1 Å². The van der Waals surface area contributed by atoms with Gasteiger partial charge in [-0.2, -0.15) is 5.10 Å². The van der Waals surface area contributed by atoms with Gasteiger partial charge in [0.05, 0.1) is 35.6 Å². The molecule has 0 spiro atoms. The molecule has 0 atom stereocenters. The number of hydrogen-bond donors (Lipinski definition) is 2. The van der Waals surface area contributed by atoms with Crippen molar-refractivity contribution in [1.29, 1.82) is 0 Å². The molecule has 0 aliphatic rings. The van der Waals surface area contributed by atoms with Gasteiger partial charge >= 0.3 is 0 Å². The lowest BCUT2D eigenvalue weighted by Gasteiger charge is -2.13. The monoisotopic (exact) mass is 547 g/mol. The summed E-state index contributed by atoms with van der Waals surface area (Å²) in [5.74, 6) is 1.56. The molecule has 2 N–H and O–H groups in total. The molecule has 0 aliphatic carbocycles. The fourth-order valence-corrected chi connectivity index (χ4v) is 4.35. The van der Waals surface area contributed by atoms with Crippen molar-refractivity contribution in [2.75, 3.05) is 20.3 Å². The molecular formula is C29H23Cl2N3O4. The quantitative estimate of drug-likeness (QED) is 0.231. The summed E-state index contributed by atoms with van der Waals surface area (Å²) >= 11 is 12.5. The molecule has 0 unspecified atom stereocenters. The van der Waals surface area contributed by atoms with Crippen LogP contribution in [0.2, 0.25) is 10.0 Å². The summed E-state index contributed by atoms with van der Waals surface area (Å²) in [7, 11) is 1.64. The molecule has 5 aromatic rings. The Morgan fingerprint density at radius 2 is 1.66 bits per heavy atom. The number of methoxy groups -OCH3 is 1. The lowest BCUT2D eigenvalue weighted by molar-refractivity contribution is 0.0944. The highest BCUT2D eigenvalue weighted by Crippen LogP contribution is 2.38. The number of amides is 1. The van der Waals surface area contributed by atoms with Crippen molar-refractivity contribution in [2.45, 2.75) is 0 Å². The van der Waals surface area contributed by atoms with Crippen molar-refractivity contribution in [3.05, 3.63) is 101 Å². The number of aliphatic hydroxyl groups excluding tert-OH is 1. The van der Waals surface area contributed by atoms with Crippen LogP contribution in [0.5, 0.6) is 17.2 Å². The van der Waals surface area contributed by atoms with Crippen LogP contribution >= 0.6 is 23.2 Å². The van der Waals surface area contributed by atoms with Gasteiger partial charge in [-0.25, -0.2) is 4.68 Å². The summed E-state index contributed by atoms with van der Waals surface area (Å²) in [5, 5.41) is 19.1. The maximum absolute atomic E-state index is 12.2. The third-order valence-corrected chi connectivity index (χ3v) is 6.68. The number of hydrogen-bond acceptors (Lipinski definition) is 5. The minimum absolute atomic E-state index is 0.124. The molecule has 1 heterocycles. The zero-order chi connectivity index (χ0) is 26.6. The molecule has 1 amide bonds. The van der Waals surface area contributed by atoms with Crippen molar-refractivity contribution in [2.24, 2.45) is 0 Å². The third kappa shape index (κ3) is 5.31. The highest BCUT2D eigenvalue weighted by Gasteiger charge is 2.18. The van der Waals surface area contributed by atoms with Gasteiger partial charge in [0.1, 0.15) is 17.2 Å². The fraction of sp³-hybridized carbons (Fsp3) is 0.103. The number of nitrogens with one attached hydrogen (secondary N) is 1. The lowest BCUT2D eigenvalue weighted by Crippen LogP contribution is -2.26. The van der Waals surface area contributed by atoms with Gasteiger partial charge in [-0.3, -0.25) is 4.79 Å². The van der Waals surface area contributed by atoms with Gasteiger partial charge in [0.2, 0.25) is 0 Å². The SMILES string of the molecule is COc1ccc2cc(-c3c(Oc4ccc(C(=O)NCCO)cc4)cnn3-c3ccc(Cl)c(Cl)c3)ccc2c1. The van der Waals surface area contributed by atoms with Crippen LogP contribution in [0.1, 0.15) is 10.4 Å². The van der Waals surface area contributed by atoms with E-state index in [9.17, 15) is 4.79 Å². The summed E-state index contributed by atoms with van der Waals surface area (Å²) in [4.78, 5) is 12.2. The first-order valence-electron chi connectivity index (χ1n) is 11.8. The number of fused-ring (bicyclic) bond motifs is 1. The zero-order valence-corrected chi connectivity index (χ0v) is 21.8. The maximum atomic E-state index is 12.2. The highest BCUT2D eigenvalue weighted by atomic mass is 35.5. The second kappa shape index (κ2) is 11.1. The van der Waals surface area contributed by atoms with Crippen molar-refractivity contribution >= 4 is 39.9 Å². The second-order valence-electron chi connectivity index (χ2n) is 8.40. The Labute approximate surface area is 229 Å². The number of ether oxygens (including phenoxy) is 2. The Hall–Kier alpha value is -4.04. The Kier molecular flexibility index (Phi) is 7.51. The average Bonchev–Trinajstić information content (AvgIpc) is 3.36. The summed E-state index contributed by atoms with van der Waals surface area (Å²) in [6.07, 6.45) is 1.64. The van der Waals surface area contributed by atoms with Crippen molar-refractivity contribution in [3.8, 4) is 34.2 Å². The smallest absolute Gasteiger partial charge is 0.251 e. The van der Waals surface area contributed by atoms with Crippen LogP contribution in [0.3, 0.4) is 0 Å². The normalized spacial score (nSPS) is 10.9. The van der Waals surface area contributed by atoms with E-state index in [0.717, 1.165) is 27.8 Å². The minimum Gasteiger partial charge on any atom is -0.497 e. The van der Waals surface area contributed by atoms with Crippen LogP contribution in [0.25, 0.3) is 27.7 Å². The number of aromatic nitrogens is 2. The summed E-state index contributed by atoms with van der Waals surface area (Å²) in [6, 6.07) is 24.0. The summed E-state index contributed by atoms with van der Waals surface area (Å²) < 4.78 is 13.4. The largest absolute Gasteiger partial charge is 0.497 e. The third-order valence-electron chi connectivity index (χ3n) is 5.95. The van der Waals surface area contributed by atoms with E-state index in [2.05, 4.69) is 16.5 Å². The van der Waals surface area contributed by atoms with E-state index in [4.69, 9.17) is 37.8 Å². The zero-order valence-electron chi connectivity index (χ0n) is 20.3. The van der Waals surface area contributed by atoms with Gasteiger partial charge in [0.15, 0.2) is 5.75 Å². The first-order chi connectivity index (χ1) is 18.5. The molecule has 192 valence electrons. The van der Waals surface area contributed by atoms with E-state index in [1.165, 1.54) is 0 Å². The number of rotatable bonds is 8. The molecule has 0 aliphatic heterocycles. The number of nitrogens with zero attached hydrogens (tertiary/aromatic N) is 2. The summed E-state index contributed by atoms with van der Waals surface area (Å²) in [5.41, 5.74) is 2.77. The van der Waals surface area contributed by atoms with Crippen molar-refractivity contribution in [3.63, 3.8) is 0 Å². The number of carbonyl (C=O) groups is 1. The predicted molar refractivity (Wildman–Crippen MR) is 149 cm³/mol. The second-order valence-corrected chi connectivity index (χ2v) is 9.22. The molecule has 4 aromatic carbocycles. The molecule has 0 saturated heterocycles. The Morgan fingerprint density at radius 3 is 2.39 bits per heavy atom. The van der Waals surface area contributed by atoms with Crippen molar-refractivity contribution < 1.29 is 19.4 Å². The standard InChI is InChI=1S/C29H23Cl2N3O4/c1-37-24-10-6-19-14-21(3-2-20(19)15-24)28-27(17-33-34(28)22-7-11-25(30)26(31)16-22)38-23-8-4-18(5-9-23)29(36)32-12-13-35/h2-11,14-17,35H,12-13H2,1H3,(H,32,36). The molecule has 1 aromatic heterocycles. The van der Waals surface area contributed by atoms with Gasteiger partial charge in [0, 0.05) is 17.7 Å². The van der Waals surface area contributed by atoms with Crippen LogP contribution < -0.4 is 14.8 Å². The number of carbonyl (C=O) groups excluding carboxylic acids is 1. The molecule has 5 rings (SSSR count). The van der Waals surface area contributed by atoms with Crippen LogP contribution in [-0.4, -0.2) is 41.1 Å². The van der Waals surface area contributed by atoms with E-state index in [0.29, 0.717) is 32.8 Å². The van der Waals surface area contributed by atoms with Gasteiger partial charge in [-0.05, 0) is 71.4 Å². The van der Waals surface area contributed by atoms with Gasteiger partial charge in [-0.15, -0.1) is 0 Å². The van der Waals surface area contributed by atoms with Crippen LogP contribution in [-0.2, 0) is 0 Å². The number of benzene rings is 4. The highest BCUT2D eigenvalue weighted by molar-refractivity contribution is 6.42. The van der Waals surface area contributed by atoms with Crippen LogP contribution in [0, 0.1) is 0 Å². The molecule has 0 bridgehead atoms. The summed E-state index contributed by atoms with van der Waals surface area (Å²) in [6.45, 7) is 0.0632. The average molecular weight is 548 g/mol. The first-order valence-corrected chi connectivity index (χ1v) is 12.5. The van der Waals surface area contributed by atoms with Crippen molar-refractivity contribution in [1.82, 2.24) is 15.1 Å². The molecule has 0 fully saturated rings. The minimum atomic E-state index is -0.272. The molecule has 9 heteroatoms. The molecule has 0 radical (unpaired) electrons.